The van der Waals surface area contributed by atoms with Gasteiger partial charge in [0.15, 0.2) is 0 Å². The first kappa shape index (κ1) is 9.27. The molecule has 1 aromatic carbocycles. The molecule has 0 fully saturated rings. The zero-order chi connectivity index (χ0) is 8.97. The van der Waals surface area contributed by atoms with Gasteiger partial charge in [-0.1, -0.05) is 30.3 Å². The maximum Gasteiger partial charge on any atom is 0.0136 e. The normalized spacial score (nSPS) is 13.3. The van der Waals surface area contributed by atoms with Gasteiger partial charge in [-0.15, -0.1) is 0 Å². The van der Waals surface area contributed by atoms with Crippen LogP contribution in [0.1, 0.15) is 12.5 Å². The Bertz CT molecular complexity index is 216. The second-order valence-corrected chi connectivity index (χ2v) is 3.28. The van der Waals surface area contributed by atoms with Crippen LogP contribution >= 0.6 is 0 Å². The molecule has 1 heteroatoms. The van der Waals surface area contributed by atoms with E-state index in [1.54, 1.807) is 0 Å². The van der Waals surface area contributed by atoms with Crippen LogP contribution in [0.4, 0.5) is 0 Å². The molecule has 1 aromatic rings. The average Bonchev–Trinajstić information content (AvgIpc) is 2.06. The summed E-state index contributed by atoms with van der Waals surface area (Å²) in [7, 11) is 4.17. The minimum atomic E-state index is 0.493. The van der Waals surface area contributed by atoms with E-state index in [0.717, 1.165) is 0 Å². The number of hydrogen-bond donors (Lipinski definition) is 0. The molecule has 65 valence electrons. The summed E-state index contributed by atoms with van der Waals surface area (Å²) >= 11 is 0. The molecule has 0 aliphatic carbocycles. The second-order valence-electron chi connectivity index (χ2n) is 3.28. The van der Waals surface area contributed by atoms with E-state index < -0.39 is 0 Å². The third kappa shape index (κ3) is 2.67. The van der Waals surface area contributed by atoms with E-state index in [9.17, 15) is 0 Å². The van der Waals surface area contributed by atoms with Crippen LogP contribution in [0.3, 0.4) is 0 Å². The first-order valence-electron chi connectivity index (χ1n) is 4.26. The molecule has 0 aliphatic rings. The Hall–Kier alpha value is -0.820. The Balaban J connectivity index is 2.53. The molecule has 0 aromatic heterocycles. The zero-order valence-electron chi connectivity index (χ0n) is 7.99. The molecule has 0 bridgehead atoms. The lowest BCUT2D eigenvalue weighted by molar-refractivity contribution is 0.350. The summed E-state index contributed by atoms with van der Waals surface area (Å²) in [6.45, 7) is 2.19. The van der Waals surface area contributed by atoms with Crippen molar-refractivity contribution in [2.24, 2.45) is 0 Å². The van der Waals surface area contributed by atoms with Crippen LogP contribution in [0, 0.1) is 6.42 Å². The van der Waals surface area contributed by atoms with Crippen LogP contribution in [0.5, 0.6) is 0 Å². The van der Waals surface area contributed by atoms with Crippen molar-refractivity contribution in [1.29, 1.82) is 0 Å². The SMILES string of the molecule is C[C@@H]([CH]c1ccccc1)N(C)C. The molecule has 0 saturated carbocycles. The highest BCUT2D eigenvalue weighted by Crippen LogP contribution is 2.07. The van der Waals surface area contributed by atoms with Crippen LogP contribution in [-0.2, 0) is 0 Å². The van der Waals surface area contributed by atoms with Crippen molar-refractivity contribution in [1.82, 2.24) is 4.90 Å². The van der Waals surface area contributed by atoms with Crippen molar-refractivity contribution in [3.63, 3.8) is 0 Å². The standard InChI is InChI=1S/C11H16N/c1-10(12(2)3)9-11-7-5-4-6-8-11/h4-10H,1-3H3/t10-/m0/s1. The van der Waals surface area contributed by atoms with Gasteiger partial charge in [0.1, 0.15) is 0 Å². The van der Waals surface area contributed by atoms with Gasteiger partial charge in [0, 0.05) is 12.5 Å². The van der Waals surface area contributed by atoms with Crippen LogP contribution < -0.4 is 0 Å². The van der Waals surface area contributed by atoms with Crippen LogP contribution in [-0.4, -0.2) is 25.0 Å². The van der Waals surface area contributed by atoms with E-state index in [-0.39, 0.29) is 0 Å². The maximum absolute atomic E-state index is 2.25. The zero-order valence-corrected chi connectivity index (χ0v) is 7.99. The van der Waals surface area contributed by atoms with Crippen molar-refractivity contribution in [3.8, 4) is 0 Å². The Morgan fingerprint density at radius 1 is 1.17 bits per heavy atom. The van der Waals surface area contributed by atoms with E-state index in [4.69, 9.17) is 0 Å². The van der Waals surface area contributed by atoms with Gasteiger partial charge in [-0.2, -0.15) is 0 Å². The lowest BCUT2D eigenvalue weighted by atomic mass is 10.1. The molecule has 0 spiro atoms. The summed E-state index contributed by atoms with van der Waals surface area (Å²) in [5.41, 5.74) is 1.29. The molecule has 0 saturated heterocycles. The molecular weight excluding hydrogens is 146 g/mol. The third-order valence-corrected chi connectivity index (χ3v) is 2.05. The van der Waals surface area contributed by atoms with Crippen molar-refractivity contribution in [2.45, 2.75) is 13.0 Å². The van der Waals surface area contributed by atoms with Gasteiger partial charge in [0.25, 0.3) is 0 Å². The molecule has 0 unspecified atom stereocenters. The minimum absolute atomic E-state index is 0.493. The average molecular weight is 162 g/mol. The summed E-state index contributed by atoms with van der Waals surface area (Å²) in [6.07, 6.45) is 2.25. The highest BCUT2D eigenvalue weighted by molar-refractivity contribution is 5.24. The molecule has 1 rings (SSSR count). The predicted molar refractivity (Wildman–Crippen MR) is 53.0 cm³/mol. The molecule has 12 heavy (non-hydrogen) atoms. The highest BCUT2D eigenvalue weighted by Gasteiger charge is 2.04. The predicted octanol–water partition coefficient (Wildman–Crippen LogP) is 2.19. The van der Waals surface area contributed by atoms with Gasteiger partial charge in [0.05, 0.1) is 0 Å². The van der Waals surface area contributed by atoms with Crippen LogP contribution in [0.15, 0.2) is 30.3 Å². The molecule has 1 nitrogen and oxygen atoms in total. The fraction of sp³-hybridized carbons (Fsp3) is 0.364. The maximum atomic E-state index is 2.25. The molecule has 1 atom stereocenters. The molecule has 1 radical (unpaired) electrons. The summed E-state index contributed by atoms with van der Waals surface area (Å²) in [4.78, 5) is 2.19. The van der Waals surface area contributed by atoms with Crippen molar-refractivity contribution < 1.29 is 0 Å². The lowest BCUT2D eigenvalue weighted by Crippen LogP contribution is -2.25. The van der Waals surface area contributed by atoms with Gasteiger partial charge >= 0.3 is 0 Å². The van der Waals surface area contributed by atoms with Gasteiger partial charge in [-0.05, 0) is 26.6 Å². The van der Waals surface area contributed by atoms with E-state index in [0.29, 0.717) is 6.04 Å². The third-order valence-electron chi connectivity index (χ3n) is 2.05. The van der Waals surface area contributed by atoms with Gasteiger partial charge in [-0.25, -0.2) is 0 Å². The first-order valence-corrected chi connectivity index (χ1v) is 4.26. The lowest BCUT2D eigenvalue weighted by Gasteiger charge is -2.18. The number of hydrogen-bond acceptors (Lipinski definition) is 1. The van der Waals surface area contributed by atoms with Crippen LogP contribution in [0.25, 0.3) is 0 Å². The monoisotopic (exact) mass is 162 g/mol. The largest absolute Gasteiger partial charge is 0.306 e. The van der Waals surface area contributed by atoms with E-state index >= 15 is 0 Å². The number of nitrogens with zero attached hydrogens (tertiary/aromatic N) is 1. The minimum Gasteiger partial charge on any atom is -0.306 e. The molecular formula is C11H16N. The molecule has 0 aliphatic heterocycles. The van der Waals surface area contributed by atoms with Gasteiger partial charge in [-0.3, -0.25) is 0 Å². The van der Waals surface area contributed by atoms with Gasteiger partial charge < -0.3 is 4.90 Å². The fourth-order valence-corrected chi connectivity index (χ4v) is 0.992. The number of rotatable bonds is 3. The van der Waals surface area contributed by atoms with E-state index in [1.807, 2.05) is 6.07 Å². The van der Waals surface area contributed by atoms with Crippen molar-refractivity contribution >= 4 is 0 Å². The van der Waals surface area contributed by atoms with E-state index in [1.165, 1.54) is 5.56 Å². The van der Waals surface area contributed by atoms with Gasteiger partial charge in [0.2, 0.25) is 0 Å². The Morgan fingerprint density at radius 2 is 1.75 bits per heavy atom. The highest BCUT2D eigenvalue weighted by atomic mass is 15.1. The van der Waals surface area contributed by atoms with Crippen LogP contribution in [0.2, 0.25) is 0 Å². The van der Waals surface area contributed by atoms with Crippen molar-refractivity contribution in [2.75, 3.05) is 14.1 Å². The molecule has 0 N–H and O–H groups in total. The fourth-order valence-electron chi connectivity index (χ4n) is 0.992. The Kier molecular flexibility index (Phi) is 3.30. The Morgan fingerprint density at radius 3 is 2.25 bits per heavy atom. The smallest absolute Gasteiger partial charge is 0.0136 e. The Labute approximate surface area is 75.0 Å². The number of benzene rings is 1. The first-order chi connectivity index (χ1) is 5.70. The topological polar surface area (TPSA) is 3.24 Å². The summed E-state index contributed by atoms with van der Waals surface area (Å²) in [6, 6.07) is 10.9. The summed E-state index contributed by atoms with van der Waals surface area (Å²) in [5, 5.41) is 0. The molecule has 0 heterocycles. The number of likely N-dealkylation sites (N-methyl/N-ethyl adjacent to an activating group) is 1. The second kappa shape index (κ2) is 4.27. The van der Waals surface area contributed by atoms with E-state index in [2.05, 4.69) is 56.6 Å². The molecule has 0 amide bonds. The summed E-state index contributed by atoms with van der Waals surface area (Å²) < 4.78 is 0. The quantitative estimate of drug-likeness (QED) is 0.658. The summed E-state index contributed by atoms with van der Waals surface area (Å²) in [5.74, 6) is 0. The van der Waals surface area contributed by atoms with Crippen molar-refractivity contribution in [3.05, 3.63) is 42.3 Å².